The van der Waals surface area contributed by atoms with E-state index < -0.39 is 0 Å². The Hall–Kier alpha value is -0.920. The van der Waals surface area contributed by atoms with E-state index in [0.29, 0.717) is 0 Å². The maximum Gasteiger partial charge on any atom is 0.128 e. The van der Waals surface area contributed by atoms with Gasteiger partial charge in [0.2, 0.25) is 0 Å². The van der Waals surface area contributed by atoms with Gasteiger partial charge in [-0.1, -0.05) is 78.1 Å². The highest BCUT2D eigenvalue weighted by Gasteiger charge is 2.33. The third-order valence-corrected chi connectivity index (χ3v) is 7.16. The van der Waals surface area contributed by atoms with Crippen LogP contribution in [0, 0.1) is 23.7 Å². The van der Waals surface area contributed by atoms with Crippen molar-refractivity contribution in [2.45, 2.75) is 104 Å². The molecule has 1 heterocycles. The highest BCUT2D eigenvalue weighted by atomic mass is 14.9. The van der Waals surface area contributed by atoms with Crippen LogP contribution in [-0.2, 0) is 12.8 Å². The standard InChI is InChI=1S/C24H40N2/c1-3-8-19-12-14-22(15-13-19)23(21-10-6-5-7-11-21)16-24-25-17-20(9-4-2)18-26-24/h17-19,21-23H,3-16H2,1-2H3. The lowest BCUT2D eigenvalue weighted by molar-refractivity contribution is 0.121. The molecular formula is C24H40N2. The van der Waals surface area contributed by atoms with Crippen molar-refractivity contribution in [3.05, 3.63) is 23.8 Å². The van der Waals surface area contributed by atoms with Crippen LogP contribution in [0.2, 0.25) is 0 Å². The van der Waals surface area contributed by atoms with Crippen LogP contribution in [0.25, 0.3) is 0 Å². The molecule has 0 bridgehead atoms. The summed E-state index contributed by atoms with van der Waals surface area (Å²) in [5.74, 6) is 4.79. The van der Waals surface area contributed by atoms with Crippen molar-refractivity contribution < 1.29 is 0 Å². The minimum atomic E-state index is 0.829. The molecule has 1 aromatic rings. The van der Waals surface area contributed by atoms with Gasteiger partial charge in [0.05, 0.1) is 0 Å². The van der Waals surface area contributed by atoms with Gasteiger partial charge in [-0.25, -0.2) is 9.97 Å². The van der Waals surface area contributed by atoms with Gasteiger partial charge in [0.25, 0.3) is 0 Å². The van der Waals surface area contributed by atoms with E-state index in [-0.39, 0.29) is 0 Å². The van der Waals surface area contributed by atoms with Gasteiger partial charge in [0.1, 0.15) is 5.82 Å². The number of aryl methyl sites for hydroxylation is 1. The number of hydrogen-bond donors (Lipinski definition) is 0. The number of rotatable bonds is 8. The summed E-state index contributed by atoms with van der Waals surface area (Å²) in [6.45, 7) is 4.57. The summed E-state index contributed by atoms with van der Waals surface area (Å²) in [6.07, 6.45) is 23.5. The molecular weight excluding hydrogens is 316 g/mol. The van der Waals surface area contributed by atoms with E-state index >= 15 is 0 Å². The smallest absolute Gasteiger partial charge is 0.128 e. The molecule has 1 aromatic heterocycles. The summed E-state index contributed by atoms with van der Waals surface area (Å²) in [5.41, 5.74) is 1.30. The Morgan fingerprint density at radius 1 is 0.846 bits per heavy atom. The fourth-order valence-electron chi connectivity index (χ4n) is 5.71. The van der Waals surface area contributed by atoms with Gasteiger partial charge in [-0.2, -0.15) is 0 Å². The SMILES string of the molecule is CCCc1cnc(CC(C2CCCCC2)C2CCC(CCC)CC2)nc1. The van der Waals surface area contributed by atoms with Crippen LogP contribution in [0.15, 0.2) is 12.4 Å². The van der Waals surface area contributed by atoms with E-state index in [0.717, 1.165) is 42.3 Å². The maximum absolute atomic E-state index is 4.76. The van der Waals surface area contributed by atoms with Crippen LogP contribution >= 0.6 is 0 Å². The fraction of sp³-hybridized carbons (Fsp3) is 0.833. The minimum Gasteiger partial charge on any atom is -0.241 e. The van der Waals surface area contributed by atoms with Gasteiger partial charge in [-0.05, 0) is 48.5 Å². The molecule has 0 N–H and O–H groups in total. The Morgan fingerprint density at radius 2 is 1.50 bits per heavy atom. The lowest BCUT2D eigenvalue weighted by Crippen LogP contribution is -2.31. The van der Waals surface area contributed by atoms with E-state index in [1.165, 1.54) is 82.6 Å². The first kappa shape index (κ1) is 19.8. The van der Waals surface area contributed by atoms with Gasteiger partial charge in [0, 0.05) is 18.8 Å². The molecule has 0 radical (unpaired) electrons. The molecule has 2 nitrogen and oxygen atoms in total. The van der Waals surface area contributed by atoms with Gasteiger partial charge < -0.3 is 0 Å². The quantitative estimate of drug-likeness (QED) is 0.513. The van der Waals surface area contributed by atoms with Crippen LogP contribution in [0.1, 0.15) is 102 Å². The summed E-state index contributed by atoms with van der Waals surface area (Å²) in [7, 11) is 0. The van der Waals surface area contributed by atoms with Gasteiger partial charge >= 0.3 is 0 Å². The summed E-state index contributed by atoms with van der Waals surface area (Å²) >= 11 is 0. The summed E-state index contributed by atoms with van der Waals surface area (Å²) < 4.78 is 0. The topological polar surface area (TPSA) is 25.8 Å². The fourth-order valence-corrected chi connectivity index (χ4v) is 5.71. The normalized spacial score (nSPS) is 25.9. The second-order valence-corrected chi connectivity index (χ2v) is 9.09. The van der Waals surface area contributed by atoms with E-state index in [2.05, 4.69) is 26.2 Å². The lowest BCUT2D eigenvalue weighted by atomic mass is 9.66. The van der Waals surface area contributed by atoms with Crippen molar-refractivity contribution in [3.8, 4) is 0 Å². The third-order valence-electron chi connectivity index (χ3n) is 7.16. The van der Waals surface area contributed by atoms with Gasteiger partial charge in [0.15, 0.2) is 0 Å². The molecule has 146 valence electrons. The monoisotopic (exact) mass is 356 g/mol. The molecule has 3 rings (SSSR count). The summed E-state index contributed by atoms with van der Waals surface area (Å²) in [6, 6.07) is 0. The molecule has 0 saturated heterocycles. The first-order valence-electron chi connectivity index (χ1n) is 11.6. The average Bonchev–Trinajstić information content (AvgIpc) is 2.69. The van der Waals surface area contributed by atoms with Crippen molar-refractivity contribution in [1.29, 1.82) is 0 Å². The maximum atomic E-state index is 4.76. The zero-order valence-electron chi connectivity index (χ0n) is 17.3. The molecule has 2 aliphatic rings. The molecule has 1 atom stereocenters. The number of aromatic nitrogens is 2. The molecule has 0 aliphatic heterocycles. The van der Waals surface area contributed by atoms with E-state index in [4.69, 9.17) is 9.97 Å². The molecule has 0 aromatic carbocycles. The highest BCUT2D eigenvalue weighted by molar-refractivity contribution is 5.06. The van der Waals surface area contributed by atoms with Crippen LogP contribution in [0.4, 0.5) is 0 Å². The van der Waals surface area contributed by atoms with Crippen molar-refractivity contribution in [1.82, 2.24) is 9.97 Å². The molecule has 26 heavy (non-hydrogen) atoms. The number of hydrogen-bond acceptors (Lipinski definition) is 2. The summed E-state index contributed by atoms with van der Waals surface area (Å²) in [4.78, 5) is 9.52. The Morgan fingerprint density at radius 3 is 2.12 bits per heavy atom. The van der Waals surface area contributed by atoms with Crippen LogP contribution in [0.3, 0.4) is 0 Å². The largest absolute Gasteiger partial charge is 0.241 e. The zero-order valence-corrected chi connectivity index (χ0v) is 17.3. The first-order valence-corrected chi connectivity index (χ1v) is 11.6. The van der Waals surface area contributed by atoms with Crippen molar-refractivity contribution in [2.75, 3.05) is 0 Å². The molecule has 0 amide bonds. The Bertz CT molecular complexity index is 495. The van der Waals surface area contributed by atoms with Crippen molar-refractivity contribution in [3.63, 3.8) is 0 Å². The number of nitrogens with zero attached hydrogens (tertiary/aromatic N) is 2. The second kappa shape index (κ2) is 10.4. The molecule has 2 fully saturated rings. The average molecular weight is 357 g/mol. The van der Waals surface area contributed by atoms with Crippen LogP contribution < -0.4 is 0 Å². The molecule has 1 unspecified atom stereocenters. The van der Waals surface area contributed by atoms with Crippen molar-refractivity contribution >= 4 is 0 Å². The lowest BCUT2D eigenvalue weighted by Gasteiger charge is -2.39. The predicted octanol–water partition coefficient (Wildman–Crippen LogP) is 6.77. The molecule has 0 spiro atoms. The van der Waals surface area contributed by atoms with E-state index in [1.807, 2.05) is 0 Å². The van der Waals surface area contributed by atoms with Crippen LogP contribution in [-0.4, -0.2) is 9.97 Å². The van der Waals surface area contributed by atoms with Crippen LogP contribution in [0.5, 0.6) is 0 Å². The Labute approximate surface area is 161 Å². The Balaban J connectivity index is 1.65. The zero-order chi connectivity index (χ0) is 18.2. The third kappa shape index (κ3) is 5.54. The van der Waals surface area contributed by atoms with Gasteiger partial charge in [-0.3, -0.25) is 0 Å². The molecule has 2 aliphatic carbocycles. The molecule has 2 heteroatoms. The Kier molecular flexibility index (Phi) is 7.95. The minimum absolute atomic E-state index is 0.829. The van der Waals surface area contributed by atoms with E-state index in [1.54, 1.807) is 0 Å². The predicted molar refractivity (Wildman–Crippen MR) is 110 cm³/mol. The molecule has 2 saturated carbocycles. The highest BCUT2D eigenvalue weighted by Crippen LogP contribution is 2.43. The summed E-state index contributed by atoms with van der Waals surface area (Å²) in [5, 5.41) is 0. The second-order valence-electron chi connectivity index (χ2n) is 9.09. The first-order chi connectivity index (χ1) is 12.8. The van der Waals surface area contributed by atoms with E-state index in [9.17, 15) is 0 Å². The van der Waals surface area contributed by atoms with Crippen molar-refractivity contribution in [2.24, 2.45) is 23.7 Å². The van der Waals surface area contributed by atoms with Gasteiger partial charge in [-0.15, -0.1) is 0 Å².